The van der Waals surface area contributed by atoms with Gasteiger partial charge in [0.2, 0.25) is 0 Å². The molecular weight excluding hydrogens is 212 g/mol. The molecule has 0 atom stereocenters. The maximum absolute atomic E-state index is 11.5. The summed E-state index contributed by atoms with van der Waals surface area (Å²) in [6.45, 7) is -0.369. The third-order valence-electron chi connectivity index (χ3n) is 2.28. The molecule has 0 radical (unpaired) electrons. The predicted molar refractivity (Wildman–Crippen MR) is 56.7 cm³/mol. The van der Waals surface area contributed by atoms with Gasteiger partial charge in [0, 0.05) is 6.07 Å². The second-order valence-electron chi connectivity index (χ2n) is 3.29. The van der Waals surface area contributed by atoms with Crippen LogP contribution in [0.25, 0.3) is 11.0 Å². The number of hydrogen-bond acceptors (Lipinski definition) is 3. The fourth-order valence-corrected chi connectivity index (χ4v) is 1.55. The van der Waals surface area contributed by atoms with Crippen LogP contribution in [-0.2, 0) is 11.3 Å². The number of hydrogen-bond donors (Lipinski definition) is 2. The second kappa shape index (κ2) is 3.73. The van der Waals surface area contributed by atoms with E-state index in [0.29, 0.717) is 16.8 Å². The lowest BCUT2D eigenvalue weighted by Crippen LogP contribution is -2.21. The molecule has 6 heteroatoms. The van der Waals surface area contributed by atoms with Crippen molar-refractivity contribution in [1.82, 2.24) is 9.55 Å². The first-order chi connectivity index (χ1) is 7.61. The van der Waals surface area contributed by atoms with E-state index in [1.807, 2.05) is 0 Å². The molecule has 0 amide bonds. The lowest BCUT2D eigenvalue weighted by molar-refractivity contribution is -0.137. The number of methoxy groups -OCH3 is 1. The van der Waals surface area contributed by atoms with Crippen LogP contribution in [0.5, 0.6) is 5.75 Å². The number of carboxylic acid groups (broad SMARTS) is 1. The van der Waals surface area contributed by atoms with Crippen molar-refractivity contribution in [3.63, 3.8) is 0 Å². The Morgan fingerprint density at radius 1 is 1.56 bits per heavy atom. The highest BCUT2D eigenvalue weighted by molar-refractivity contribution is 5.79. The molecule has 0 bridgehead atoms. The lowest BCUT2D eigenvalue weighted by Gasteiger charge is -2.01. The van der Waals surface area contributed by atoms with Crippen LogP contribution in [0.15, 0.2) is 23.0 Å². The molecule has 2 rings (SSSR count). The van der Waals surface area contributed by atoms with Gasteiger partial charge in [0.05, 0.1) is 18.1 Å². The standard InChI is InChI=1S/C10H10N2O4/c1-16-6-2-3-7-8(4-6)12(5-9(13)14)10(15)11-7/h2-4H,5H2,1H3,(H,11,15)(H,13,14). The Bertz CT molecular complexity index is 596. The number of aromatic amines is 1. The summed E-state index contributed by atoms with van der Waals surface area (Å²) >= 11 is 0. The van der Waals surface area contributed by atoms with Gasteiger partial charge < -0.3 is 14.8 Å². The van der Waals surface area contributed by atoms with Gasteiger partial charge in [0.1, 0.15) is 12.3 Å². The number of imidazole rings is 1. The third kappa shape index (κ3) is 1.65. The van der Waals surface area contributed by atoms with Gasteiger partial charge in [0.25, 0.3) is 0 Å². The number of nitrogens with zero attached hydrogens (tertiary/aromatic N) is 1. The van der Waals surface area contributed by atoms with Gasteiger partial charge in [-0.3, -0.25) is 9.36 Å². The van der Waals surface area contributed by atoms with E-state index >= 15 is 0 Å². The van der Waals surface area contributed by atoms with Crippen molar-refractivity contribution < 1.29 is 14.6 Å². The molecule has 0 fully saturated rings. The van der Waals surface area contributed by atoms with E-state index in [1.165, 1.54) is 7.11 Å². The molecule has 0 saturated carbocycles. The predicted octanol–water partition coefficient (Wildman–Crippen LogP) is 0.423. The molecule has 0 aliphatic heterocycles. The van der Waals surface area contributed by atoms with Crippen molar-refractivity contribution in [2.24, 2.45) is 0 Å². The molecule has 0 saturated heterocycles. The van der Waals surface area contributed by atoms with E-state index in [1.54, 1.807) is 18.2 Å². The first-order valence-corrected chi connectivity index (χ1v) is 4.60. The molecule has 0 aliphatic rings. The highest BCUT2D eigenvalue weighted by Gasteiger charge is 2.10. The molecule has 1 aromatic carbocycles. The number of fused-ring (bicyclic) bond motifs is 1. The quantitative estimate of drug-likeness (QED) is 0.788. The van der Waals surface area contributed by atoms with Gasteiger partial charge in [-0.1, -0.05) is 0 Å². The van der Waals surface area contributed by atoms with E-state index in [0.717, 1.165) is 4.57 Å². The topological polar surface area (TPSA) is 84.3 Å². The molecule has 16 heavy (non-hydrogen) atoms. The monoisotopic (exact) mass is 222 g/mol. The van der Waals surface area contributed by atoms with Crippen molar-refractivity contribution in [3.05, 3.63) is 28.7 Å². The van der Waals surface area contributed by atoms with Crippen molar-refractivity contribution in [3.8, 4) is 5.75 Å². The summed E-state index contributed by atoms with van der Waals surface area (Å²) < 4.78 is 6.17. The van der Waals surface area contributed by atoms with E-state index < -0.39 is 11.7 Å². The maximum atomic E-state index is 11.5. The number of aliphatic carboxylic acids is 1. The number of benzene rings is 1. The summed E-state index contributed by atoms with van der Waals surface area (Å²) in [5.41, 5.74) is 0.671. The average Bonchev–Trinajstić information content (AvgIpc) is 2.54. The first-order valence-electron chi connectivity index (χ1n) is 4.60. The zero-order valence-corrected chi connectivity index (χ0v) is 8.56. The lowest BCUT2D eigenvalue weighted by atomic mass is 10.3. The van der Waals surface area contributed by atoms with Crippen LogP contribution in [-0.4, -0.2) is 27.7 Å². The third-order valence-corrected chi connectivity index (χ3v) is 2.28. The van der Waals surface area contributed by atoms with Crippen LogP contribution in [0.1, 0.15) is 0 Å². The smallest absolute Gasteiger partial charge is 0.327 e. The molecule has 84 valence electrons. The van der Waals surface area contributed by atoms with Gasteiger partial charge in [-0.15, -0.1) is 0 Å². The number of aromatic nitrogens is 2. The SMILES string of the molecule is COc1ccc2[nH]c(=O)n(CC(=O)O)c2c1. The molecule has 0 spiro atoms. The van der Waals surface area contributed by atoms with Crippen LogP contribution in [0.4, 0.5) is 0 Å². The molecule has 1 heterocycles. The Hall–Kier alpha value is -2.24. The maximum Gasteiger partial charge on any atom is 0.327 e. The molecule has 2 N–H and O–H groups in total. The van der Waals surface area contributed by atoms with Gasteiger partial charge >= 0.3 is 11.7 Å². The van der Waals surface area contributed by atoms with Gasteiger partial charge in [-0.2, -0.15) is 0 Å². The Kier molecular flexibility index (Phi) is 2.40. The normalized spacial score (nSPS) is 10.6. The Balaban J connectivity index is 2.65. The Morgan fingerprint density at radius 2 is 2.31 bits per heavy atom. The van der Waals surface area contributed by atoms with E-state index in [-0.39, 0.29) is 6.54 Å². The number of rotatable bonds is 3. The van der Waals surface area contributed by atoms with Gasteiger partial charge in [-0.25, -0.2) is 4.79 Å². The van der Waals surface area contributed by atoms with Crippen molar-refractivity contribution >= 4 is 17.0 Å². The largest absolute Gasteiger partial charge is 0.497 e. The number of nitrogens with one attached hydrogen (secondary N) is 1. The van der Waals surface area contributed by atoms with Crippen LogP contribution < -0.4 is 10.4 Å². The number of ether oxygens (including phenoxy) is 1. The van der Waals surface area contributed by atoms with E-state index in [4.69, 9.17) is 9.84 Å². The fourth-order valence-electron chi connectivity index (χ4n) is 1.55. The summed E-state index contributed by atoms with van der Waals surface area (Å²) in [6, 6.07) is 4.99. The molecular formula is C10H10N2O4. The van der Waals surface area contributed by atoms with Crippen molar-refractivity contribution in [1.29, 1.82) is 0 Å². The Labute approximate surface area is 90.1 Å². The fraction of sp³-hybridized carbons (Fsp3) is 0.200. The number of H-pyrrole nitrogens is 1. The molecule has 6 nitrogen and oxygen atoms in total. The second-order valence-corrected chi connectivity index (χ2v) is 3.29. The minimum atomic E-state index is -1.06. The average molecular weight is 222 g/mol. The van der Waals surface area contributed by atoms with E-state index in [2.05, 4.69) is 4.98 Å². The minimum absolute atomic E-state index is 0.369. The first kappa shape index (κ1) is 10.3. The zero-order chi connectivity index (χ0) is 11.7. The van der Waals surface area contributed by atoms with Crippen LogP contribution in [0.3, 0.4) is 0 Å². The van der Waals surface area contributed by atoms with E-state index in [9.17, 15) is 9.59 Å². The Morgan fingerprint density at radius 3 is 2.94 bits per heavy atom. The van der Waals surface area contributed by atoms with Crippen LogP contribution in [0, 0.1) is 0 Å². The van der Waals surface area contributed by atoms with Gasteiger partial charge in [0.15, 0.2) is 0 Å². The summed E-state index contributed by atoms with van der Waals surface area (Å²) in [7, 11) is 1.51. The summed E-state index contributed by atoms with van der Waals surface area (Å²) in [5, 5.41) is 8.69. The summed E-state index contributed by atoms with van der Waals surface area (Å²) in [6.07, 6.45) is 0. The summed E-state index contributed by atoms with van der Waals surface area (Å²) in [4.78, 5) is 24.7. The molecule has 0 aliphatic carbocycles. The van der Waals surface area contributed by atoms with Crippen molar-refractivity contribution in [2.45, 2.75) is 6.54 Å². The highest BCUT2D eigenvalue weighted by Crippen LogP contribution is 2.17. The molecule has 1 aromatic heterocycles. The van der Waals surface area contributed by atoms with Gasteiger partial charge in [-0.05, 0) is 12.1 Å². The minimum Gasteiger partial charge on any atom is -0.497 e. The van der Waals surface area contributed by atoms with Crippen LogP contribution in [0.2, 0.25) is 0 Å². The summed E-state index contributed by atoms with van der Waals surface area (Å²) in [5.74, 6) is -0.489. The molecule has 2 aromatic rings. The number of carbonyl (C=O) groups is 1. The number of carboxylic acids is 1. The zero-order valence-electron chi connectivity index (χ0n) is 8.56. The molecule has 0 unspecified atom stereocenters. The highest BCUT2D eigenvalue weighted by atomic mass is 16.5. The van der Waals surface area contributed by atoms with Crippen LogP contribution >= 0.6 is 0 Å². The van der Waals surface area contributed by atoms with Crippen molar-refractivity contribution in [2.75, 3.05) is 7.11 Å².